The minimum atomic E-state index is 0.387. The summed E-state index contributed by atoms with van der Waals surface area (Å²) in [5.74, 6) is 1.04. The molecule has 0 unspecified atom stereocenters. The van der Waals surface area contributed by atoms with Crippen molar-refractivity contribution in [2.45, 2.75) is 46.6 Å². The van der Waals surface area contributed by atoms with Crippen LogP contribution in [0.4, 0.5) is 0 Å². The Bertz CT molecular complexity index is 602. The molecule has 2 rings (SSSR count). The Kier molecular flexibility index (Phi) is 3.66. The fraction of sp³-hybridized carbons (Fsp3) is 0.467. The molecule has 0 spiro atoms. The first-order valence-corrected chi connectivity index (χ1v) is 6.50. The molecule has 1 aromatic heterocycles. The van der Waals surface area contributed by atoms with Crippen LogP contribution in [0.2, 0.25) is 0 Å². The Morgan fingerprint density at radius 1 is 1.28 bits per heavy atom. The molecular formula is C15H19N3. The maximum absolute atomic E-state index is 8.97. The minimum absolute atomic E-state index is 0.387. The molecule has 0 radical (unpaired) electrons. The third-order valence-electron chi connectivity index (χ3n) is 3.43. The summed E-state index contributed by atoms with van der Waals surface area (Å²) < 4.78 is 2.05. The van der Waals surface area contributed by atoms with Crippen molar-refractivity contribution in [3.63, 3.8) is 0 Å². The lowest BCUT2D eigenvalue weighted by Crippen LogP contribution is -2.02. The lowest BCUT2D eigenvalue weighted by molar-refractivity contribution is 0.700. The highest BCUT2D eigenvalue weighted by atomic mass is 15.1. The number of fused-ring (bicyclic) bond motifs is 1. The van der Waals surface area contributed by atoms with Gasteiger partial charge in [0.05, 0.1) is 17.1 Å². The summed E-state index contributed by atoms with van der Waals surface area (Å²) >= 11 is 0. The first kappa shape index (κ1) is 12.6. The monoisotopic (exact) mass is 241 g/mol. The van der Waals surface area contributed by atoms with Crippen LogP contribution in [0.5, 0.6) is 0 Å². The minimum Gasteiger partial charge on any atom is -0.314 e. The number of benzene rings is 1. The highest BCUT2D eigenvalue weighted by Crippen LogP contribution is 2.21. The lowest BCUT2D eigenvalue weighted by atomic mass is 10.1. The Balaban J connectivity index is 2.56. The molecule has 18 heavy (non-hydrogen) atoms. The maximum Gasteiger partial charge on any atom is 0.111 e. The van der Waals surface area contributed by atoms with Crippen molar-refractivity contribution in [3.8, 4) is 6.07 Å². The zero-order valence-electron chi connectivity index (χ0n) is 11.3. The van der Waals surface area contributed by atoms with Gasteiger partial charge < -0.3 is 4.57 Å². The highest BCUT2D eigenvalue weighted by molar-refractivity contribution is 5.78. The second-order valence-corrected chi connectivity index (χ2v) is 4.80. The topological polar surface area (TPSA) is 41.6 Å². The van der Waals surface area contributed by atoms with E-state index in [9.17, 15) is 0 Å². The number of nitriles is 1. The van der Waals surface area contributed by atoms with E-state index in [0.717, 1.165) is 36.1 Å². The molecule has 0 saturated heterocycles. The Morgan fingerprint density at radius 3 is 2.67 bits per heavy atom. The van der Waals surface area contributed by atoms with Crippen LogP contribution in [-0.4, -0.2) is 9.55 Å². The second kappa shape index (κ2) is 5.22. The molecule has 0 N–H and O–H groups in total. The molecule has 3 heteroatoms. The summed E-state index contributed by atoms with van der Waals surface area (Å²) in [6.07, 6.45) is 3.21. The first-order valence-electron chi connectivity index (χ1n) is 6.50. The molecule has 0 aliphatic heterocycles. The second-order valence-electron chi connectivity index (χ2n) is 4.80. The molecular weight excluding hydrogens is 222 g/mol. The van der Waals surface area contributed by atoms with E-state index in [-0.39, 0.29) is 0 Å². The van der Waals surface area contributed by atoms with E-state index >= 15 is 0 Å². The molecule has 1 aromatic carbocycles. The van der Waals surface area contributed by atoms with Gasteiger partial charge in [0.1, 0.15) is 12.4 Å². The van der Waals surface area contributed by atoms with E-state index < -0.39 is 0 Å². The average Bonchev–Trinajstić information content (AvgIpc) is 2.66. The Hall–Kier alpha value is -1.82. The van der Waals surface area contributed by atoms with Crippen LogP contribution in [0.1, 0.15) is 36.7 Å². The van der Waals surface area contributed by atoms with Crippen molar-refractivity contribution < 1.29 is 0 Å². The SMILES string of the molecule is CCCCc1nc2cc(C)c(C)cc2n1CC#N. The standard InChI is InChI=1S/C15H19N3/c1-4-5-6-15-17-13-9-11(2)12(3)10-14(13)18(15)8-7-16/h9-10H,4-6,8H2,1-3H3. The number of rotatable bonds is 4. The summed E-state index contributed by atoms with van der Waals surface area (Å²) in [5, 5.41) is 8.97. The summed E-state index contributed by atoms with van der Waals surface area (Å²) in [6.45, 7) is 6.76. The van der Waals surface area contributed by atoms with Crippen LogP contribution in [0.15, 0.2) is 12.1 Å². The van der Waals surface area contributed by atoms with Crippen molar-refractivity contribution in [2.24, 2.45) is 0 Å². The van der Waals surface area contributed by atoms with Crippen LogP contribution in [0, 0.1) is 25.2 Å². The fourth-order valence-corrected chi connectivity index (χ4v) is 2.20. The van der Waals surface area contributed by atoms with E-state index in [2.05, 4.69) is 48.5 Å². The van der Waals surface area contributed by atoms with Crippen molar-refractivity contribution in [1.29, 1.82) is 5.26 Å². The summed E-state index contributed by atoms with van der Waals surface area (Å²) in [6, 6.07) is 6.50. The molecule has 0 aliphatic rings. The molecule has 2 aromatic rings. The van der Waals surface area contributed by atoms with Crippen LogP contribution in [0.3, 0.4) is 0 Å². The summed E-state index contributed by atoms with van der Waals surface area (Å²) in [7, 11) is 0. The zero-order chi connectivity index (χ0) is 13.1. The molecule has 0 saturated carbocycles. The molecule has 3 nitrogen and oxygen atoms in total. The molecule has 0 atom stereocenters. The van der Waals surface area contributed by atoms with Gasteiger partial charge in [-0.25, -0.2) is 4.98 Å². The number of aromatic nitrogens is 2. The number of unbranched alkanes of at least 4 members (excludes halogenated alkanes) is 1. The van der Waals surface area contributed by atoms with Gasteiger partial charge in [-0.15, -0.1) is 0 Å². The lowest BCUT2D eigenvalue weighted by Gasteiger charge is -2.05. The van der Waals surface area contributed by atoms with Crippen molar-refractivity contribution in [1.82, 2.24) is 9.55 Å². The van der Waals surface area contributed by atoms with E-state index in [0.29, 0.717) is 6.54 Å². The third kappa shape index (κ3) is 2.24. The number of imidazole rings is 1. The van der Waals surface area contributed by atoms with Gasteiger partial charge >= 0.3 is 0 Å². The Morgan fingerprint density at radius 2 is 2.00 bits per heavy atom. The van der Waals surface area contributed by atoms with Gasteiger partial charge in [0, 0.05) is 6.42 Å². The van der Waals surface area contributed by atoms with Crippen molar-refractivity contribution in [2.75, 3.05) is 0 Å². The maximum atomic E-state index is 8.97. The van der Waals surface area contributed by atoms with Gasteiger partial charge in [-0.3, -0.25) is 0 Å². The Labute approximate surface area is 108 Å². The van der Waals surface area contributed by atoms with Crippen LogP contribution in [-0.2, 0) is 13.0 Å². The van der Waals surface area contributed by atoms with Gasteiger partial charge in [-0.2, -0.15) is 5.26 Å². The smallest absolute Gasteiger partial charge is 0.111 e. The largest absolute Gasteiger partial charge is 0.314 e. The quantitative estimate of drug-likeness (QED) is 0.821. The molecule has 0 bridgehead atoms. The summed E-state index contributed by atoms with van der Waals surface area (Å²) in [5.41, 5.74) is 4.61. The van der Waals surface area contributed by atoms with Gasteiger partial charge in [-0.05, 0) is 43.5 Å². The first-order chi connectivity index (χ1) is 8.67. The molecule has 0 fully saturated rings. The fourth-order valence-electron chi connectivity index (χ4n) is 2.20. The van der Waals surface area contributed by atoms with Gasteiger partial charge in [0.25, 0.3) is 0 Å². The van der Waals surface area contributed by atoms with E-state index in [1.807, 2.05) is 0 Å². The normalized spacial score (nSPS) is 10.8. The van der Waals surface area contributed by atoms with E-state index in [1.165, 1.54) is 11.1 Å². The predicted octanol–water partition coefficient (Wildman–Crippen LogP) is 3.52. The van der Waals surface area contributed by atoms with Crippen LogP contribution < -0.4 is 0 Å². The number of hydrogen-bond acceptors (Lipinski definition) is 2. The van der Waals surface area contributed by atoms with Gasteiger partial charge in [-0.1, -0.05) is 13.3 Å². The number of hydrogen-bond donors (Lipinski definition) is 0. The number of aryl methyl sites for hydroxylation is 3. The summed E-state index contributed by atoms with van der Waals surface area (Å²) in [4.78, 5) is 4.68. The van der Waals surface area contributed by atoms with Crippen molar-refractivity contribution in [3.05, 3.63) is 29.1 Å². The van der Waals surface area contributed by atoms with E-state index in [1.54, 1.807) is 0 Å². The molecule has 0 amide bonds. The van der Waals surface area contributed by atoms with Crippen molar-refractivity contribution >= 4 is 11.0 Å². The predicted molar refractivity (Wildman–Crippen MR) is 73.4 cm³/mol. The third-order valence-corrected chi connectivity index (χ3v) is 3.43. The molecule has 0 aliphatic carbocycles. The highest BCUT2D eigenvalue weighted by Gasteiger charge is 2.11. The molecule has 1 heterocycles. The number of nitrogens with zero attached hydrogens (tertiary/aromatic N) is 3. The van der Waals surface area contributed by atoms with Gasteiger partial charge in [0.2, 0.25) is 0 Å². The average molecular weight is 241 g/mol. The van der Waals surface area contributed by atoms with E-state index in [4.69, 9.17) is 5.26 Å². The van der Waals surface area contributed by atoms with Gasteiger partial charge in [0.15, 0.2) is 0 Å². The molecule has 94 valence electrons. The zero-order valence-corrected chi connectivity index (χ0v) is 11.3. The van der Waals surface area contributed by atoms with Crippen LogP contribution in [0.25, 0.3) is 11.0 Å². The van der Waals surface area contributed by atoms with Crippen LogP contribution >= 0.6 is 0 Å².